The highest BCUT2D eigenvalue weighted by molar-refractivity contribution is 6.30. The van der Waals surface area contributed by atoms with Crippen LogP contribution >= 0.6 is 11.6 Å². The van der Waals surface area contributed by atoms with Gasteiger partial charge in [0.1, 0.15) is 0 Å². The summed E-state index contributed by atoms with van der Waals surface area (Å²) in [5, 5.41) is 8.93. The monoisotopic (exact) mass is 333 g/mol. The number of hydrogen-bond donors (Lipinski definition) is 1. The maximum Gasteiger partial charge on any atom is 0.0762 e. The Morgan fingerprint density at radius 3 is 2.65 bits per heavy atom. The van der Waals surface area contributed by atoms with Gasteiger partial charge in [0.2, 0.25) is 0 Å². The molecule has 2 aromatic rings. The van der Waals surface area contributed by atoms with Crippen LogP contribution in [-0.4, -0.2) is 23.5 Å². The van der Waals surface area contributed by atoms with Crippen LogP contribution < -0.4 is 5.32 Å². The third-order valence-electron chi connectivity index (χ3n) is 4.65. The predicted octanol–water partition coefficient (Wildman–Crippen LogP) is 4.76. The number of nitrogens with one attached hydrogen (secondary N) is 1. The Morgan fingerprint density at radius 1 is 1.30 bits per heavy atom. The number of hydrogen-bond acceptors (Lipinski definition) is 3. The van der Waals surface area contributed by atoms with Gasteiger partial charge >= 0.3 is 0 Å². The molecule has 0 spiro atoms. The molecule has 4 nitrogen and oxygen atoms in total. The second kappa shape index (κ2) is 7.37. The Bertz CT molecular complexity index is 632. The largest absolute Gasteiger partial charge is 0.382 e. The Hall–Kier alpha value is -1.52. The smallest absolute Gasteiger partial charge is 0.0762 e. The summed E-state index contributed by atoms with van der Waals surface area (Å²) in [7, 11) is 1.72. The molecule has 0 aliphatic heterocycles. The molecule has 3 rings (SSSR count). The minimum Gasteiger partial charge on any atom is -0.382 e. The predicted molar refractivity (Wildman–Crippen MR) is 94.2 cm³/mol. The minimum atomic E-state index is 0.0807. The number of nitrogens with zero attached hydrogens (tertiary/aromatic N) is 2. The van der Waals surface area contributed by atoms with Crippen molar-refractivity contribution in [2.45, 2.75) is 44.7 Å². The summed E-state index contributed by atoms with van der Waals surface area (Å²) < 4.78 is 7.57. The van der Waals surface area contributed by atoms with Gasteiger partial charge in [-0.3, -0.25) is 4.68 Å². The lowest BCUT2D eigenvalue weighted by atomic mass is 10.1. The highest BCUT2D eigenvalue weighted by Crippen LogP contribution is 2.32. The van der Waals surface area contributed by atoms with Gasteiger partial charge in [-0.05, 0) is 37.5 Å². The van der Waals surface area contributed by atoms with Crippen LogP contribution in [0.5, 0.6) is 0 Å². The van der Waals surface area contributed by atoms with E-state index in [9.17, 15) is 0 Å². The Labute approximate surface area is 142 Å². The van der Waals surface area contributed by atoms with Crippen LogP contribution in [0.2, 0.25) is 5.02 Å². The lowest BCUT2D eigenvalue weighted by molar-refractivity contribution is 0.186. The van der Waals surface area contributed by atoms with Crippen LogP contribution in [0, 0.1) is 6.92 Å². The molecule has 1 aliphatic rings. The first-order valence-electron chi connectivity index (χ1n) is 8.24. The quantitative estimate of drug-likeness (QED) is 0.828. The zero-order chi connectivity index (χ0) is 16.2. The summed E-state index contributed by atoms with van der Waals surface area (Å²) in [6, 6.07) is 8.54. The van der Waals surface area contributed by atoms with Crippen molar-refractivity contribution in [1.29, 1.82) is 0 Å². The minimum absolute atomic E-state index is 0.0807. The van der Waals surface area contributed by atoms with E-state index in [0.717, 1.165) is 16.3 Å². The normalized spacial score (nSPS) is 16.7. The topological polar surface area (TPSA) is 39.1 Å². The summed E-state index contributed by atoms with van der Waals surface area (Å²) in [4.78, 5) is 0. The second-order valence-corrected chi connectivity index (χ2v) is 6.67. The molecule has 1 aliphatic carbocycles. The molecule has 1 atom stereocenters. The highest BCUT2D eigenvalue weighted by atomic mass is 35.5. The molecule has 0 saturated heterocycles. The van der Waals surface area contributed by atoms with E-state index < -0.39 is 0 Å². The van der Waals surface area contributed by atoms with Gasteiger partial charge in [-0.1, -0.05) is 36.6 Å². The fraction of sp³-hybridized carbons (Fsp3) is 0.500. The highest BCUT2D eigenvalue weighted by Gasteiger charge is 2.21. The van der Waals surface area contributed by atoms with E-state index in [1.807, 2.05) is 30.5 Å². The maximum atomic E-state index is 5.99. The summed E-state index contributed by atoms with van der Waals surface area (Å²) in [6.07, 6.45) is 7.03. The molecule has 1 unspecified atom stereocenters. The fourth-order valence-corrected chi connectivity index (χ4v) is 3.48. The molecule has 1 aromatic carbocycles. The van der Waals surface area contributed by atoms with Gasteiger partial charge in [0.05, 0.1) is 36.3 Å². The van der Waals surface area contributed by atoms with Crippen molar-refractivity contribution in [3.63, 3.8) is 0 Å². The molecule has 124 valence electrons. The Kier molecular flexibility index (Phi) is 5.23. The summed E-state index contributed by atoms with van der Waals surface area (Å²) in [6.45, 7) is 2.73. The molecule has 0 bridgehead atoms. The fourth-order valence-electron chi connectivity index (χ4n) is 3.35. The van der Waals surface area contributed by atoms with Crippen LogP contribution in [0.3, 0.4) is 0 Å². The summed E-state index contributed by atoms with van der Waals surface area (Å²) in [5.74, 6) is 0. The van der Waals surface area contributed by atoms with Crippen molar-refractivity contribution in [3.05, 3.63) is 46.7 Å². The van der Waals surface area contributed by atoms with Crippen molar-refractivity contribution < 1.29 is 4.74 Å². The molecule has 5 heteroatoms. The third-order valence-corrected chi connectivity index (χ3v) is 4.90. The molecule has 1 N–H and O–H groups in total. The van der Waals surface area contributed by atoms with Gasteiger partial charge in [-0.2, -0.15) is 5.10 Å². The van der Waals surface area contributed by atoms with E-state index in [2.05, 4.69) is 22.0 Å². The van der Waals surface area contributed by atoms with E-state index in [0.29, 0.717) is 12.6 Å². The SMILES string of the molecule is COCC(Nc1cnn(C2CCCC2)c1C)c1ccc(Cl)cc1. The number of methoxy groups -OCH3 is 1. The van der Waals surface area contributed by atoms with Crippen LogP contribution in [0.4, 0.5) is 5.69 Å². The van der Waals surface area contributed by atoms with Gasteiger partial charge < -0.3 is 10.1 Å². The molecule has 23 heavy (non-hydrogen) atoms. The van der Waals surface area contributed by atoms with Crippen LogP contribution in [0.25, 0.3) is 0 Å². The first-order chi connectivity index (χ1) is 11.2. The molecule has 1 saturated carbocycles. The van der Waals surface area contributed by atoms with E-state index in [4.69, 9.17) is 16.3 Å². The number of anilines is 1. The van der Waals surface area contributed by atoms with Crippen molar-refractivity contribution in [2.75, 3.05) is 19.0 Å². The summed E-state index contributed by atoms with van der Waals surface area (Å²) >= 11 is 5.99. The van der Waals surface area contributed by atoms with Crippen molar-refractivity contribution in [3.8, 4) is 0 Å². The zero-order valence-corrected chi connectivity index (χ0v) is 14.5. The van der Waals surface area contributed by atoms with Gasteiger partial charge in [-0.15, -0.1) is 0 Å². The Balaban J connectivity index is 1.78. The standard InChI is InChI=1S/C18H24ClN3O/c1-13-17(11-20-22(13)16-5-3-4-6-16)21-18(12-23-2)14-7-9-15(19)10-8-14/h7-11,16,18,21H,3-6,12H2,1-2H3. The average molecular weight is 334 g/mol. The zero-order valence-electron chi connectivity index (χ0n) is 13.8. The number of benzene rings is 1. The van der Waals surface area contributed by atoms with Gasteiger partial charge in [0.15, 0.2) is 0 Å². The summed E-state index contributed by atoms with van der Waals surface area (Å²) in [5.41, 5.74) is 3.44. The molecule has 0 radical (unpaired) electrons. The van der Waals surface area contributed by atoms with Crippen LogP contribution in [0.1, 0.15) is 49.0 Å². The molecular formula is C18H24ClN3O. The first kappa shape index (κ1) is 16.3. The van der Waals surface area contributed by atoms with Gasteiger partial charge in [0, 0.05) is 12.1 Å². The number of halogens is 1. The molecule has 1 aromatic heterocycles. The number of aromatic nitrogens is 2. The van der Waals surface area contributed by atoms with Crippen molar-refractivity contribution in [1.82, 2.24) is 9.78 Å². The van der Waals surface area contributed by atoms with Gasteiger partial charge in [0.25, 0.3) is 0 Å². The molecule has 0 amide bonds. The molecule has 1 heterocycles. The van der Waals surface area contributed by atoms with E-state index in [1.165, 1.54) is 31.4 Å². The molecule has 1 fully saturated rings. The number of ether oxygens (including phenoxy) is 1. The lowest BCUT2D eigenvalue weighted by Gasteiger charge is -2.20. The second-order valence-electron chi connectivity index (χ2n) is 6.23. The van der Waals surface area contributed by atoms with E-state index in [1.54, 1.807) is 7.11 Å². The van der Waals surface area contributed by atoms with E-state index >= 15 is 0 Å². The van der Waals surface area contributed by atoms with Crippen LogP contribution in [0.15, 0.2) is 30.5 Å². The van der Waals surface area contributed by atoms with Crippen LogP contribution in [-0.2, 0) is 4.74 Å². The van der Waals surface area contributed by atoms with Crippen molar-refractivity contribution >= 4 is 17.3 Å². The Morgan fingerprint density at radius 2 is 2.00 bits per heavy atom. The lowest BCUT2D eigenvalue weighted by Crippen LogP contribution is -2.17. The van der Waals surface area contributed by atoms with E-state index in [-0.39, 0.29) is 6.04 Å². The van der Waals surface area contributed by atoms with Gasteiger partial charge in [-0.25, -0.2) is 0 Å². The maximum absolute atomic E-state index is 5.99. The average Bonchev–Trinajstić information content (AvgIpc) is 3.18. The third kappa shape index (κ3) is 3.70. The van der Waals surface area contributed by atoms with Crippen molar-refractivity contribution in [2.24, 2.45) is 0 Å². The first-order valence-corrected chi connectivity index (χ1v) is 8.62. The molecular weight excluding hydrogens is 310 g/mol. The number of rotatable bonds is 6.